The molecule has 0 unspecified atom stereocenters. The molecule has 1 spiro atoms. The maximum absolute atomic E-state index is 12.0. The summed E-state index contributed by atoms with van der Waals surface area (Å²) in [6, 6.07) is 5.70. The van der Waals surface area contributed by atoms with E-state index in [1.165, 1.54) is 0 Å². The third-order valence-electron chi connectivity index (χ3n) is 4.08. The molecule has 2 N–H and O–H groups in total. The SMILES string of the molecule is CC(C)(C)NC(=O)CN1CCC2(CC1)N=C(c1ccccn1)NO2. The summed E-state index contributed by atoms with van der Waals surface area (Å²) in [5, 5.41) is 3.00. The molecule has 3 rings (SSSR count). The molecule has 7 heteroatoms. The van der Waals surface area contributed by atoms with E-state index in [0.717, 1.165) is 31.6 Å². The van der Waals surface area contributed by atoms with Gasteiger partial charge in [-0.3, -0.25) is 14.7 Å². The molecule has 1 aromatic heterocycles. The summed E-state index contributed by atoms with van der Waals surface area (Å²) >= 11 is 0. The van der Waals surface area contributed by atoms with Gasteiger partial charge in [0.05, 0.1) is 6.54 Å². The van der Waals surface area contributed by atoms with E-state index in [1.807, 2.05) is 39.0 Å². The molecule has 7 nitrogen and oxygen atoms in total. The highest BCUT2D eigenvalue weighted by molar-refractivity contribution is 5.97. The van der Waals surface area contributed by atoms with Crippen LogP contribution in [0.15, 0.2) is 29.4 Å². The number of pyridine rings is 1. The molecule has 0 radical (unpaired) electrons. The number of nitrogens with one attached hydrogen (secondary N) is 2. The van der Waals surface area contributed by atoms with Crippen molar-refractivity contribution in [3.63, 3.8) is 0 Å². The molecule has 0 aromatic carbocycles. The number of amidine groups is 1. The van der Waals surface area contributed by atoms with Gasteiger partial charge in [-0.05, 0) is 32.9 Å². The Labute approximate surface area is 142 Å². The first kappa shape index (κ1) is 16.9. The Kier molecular flexibility index (Phi) is 4.56. The molecule has 0 aliphatic carbocycles. The molecule has 1 saturated heterocycles. The van der Waals surface area contributed by atoms with Crippen molar-refractivity contribution in [1.29, 1.82) is 0 Å². The molecule has 2 aliphatic heterocycles. The summed E-state index contributed by atoms with van der Waals surface area (Å²) in [7, 11) is 0. The topological polar surface area (TPSA) is 78.9 Å². The van der Waals surface area contributed by atoms with Crippen LogP contribution in [-0.2, 0) is 9.63 Å². The number of likely N-dealkylation sites (tertiary alicyclic amines) is 1. The monoisotopic (exact) mass is 331 g/mol. The Bertz CT molecular complexity index is 616. The number of rotatable bonds is 3. The number of hydroxylamine groups is 1. The first-order chi connectivity index (χ1) is 11.4. The number of carbonyl (C=O) groups excluding carboxylic acids is 1. The summed E-state index contributed by atoms with van der Waals surface area (Å²) in [6.07, 6.45) is 3.24. The number of hydrogen-bond acceptors (Lipinski definition) is 6. The summed E-state index contributed by atoms with van der Waals surface area (Å²) in [6.45, 7) is 7.93. The zero-order valence-corrected chi connectivity index (χ0v) is 14.5. The number of aromatic nitrogens is 1. The molecule has 1 amide bonds. The van der Waals surface area contributed by atoms with E-state index in [4.69, 9.17) is 9.83 Å². The Morgan fingerprint density at radius 3 is 2.75 bits per heavy atom. The third-order valence-corrected chi connectivity index (χ3v) is 4.08. The van der Waals surface area contributed by atoms with E-state index in [2.05, 4.69) is 20.7 Å². The van der Waals surface area contributed by atoms with Gasteiger partial charge in [-0.2, -0.15) is 0 Å². The number of aliphatic imine (C=N–C) groups is 1. The largest absolute Gasteiger partial charge is 0.350 e. The standard InChI is InChI=1S/C17H25N5O2/c1-16(2,3)19-14(23)12-22-10-7-17(8-11-22)20-15(21-24-17)13-6-4-5-9-18-13/h4-6,9H,7-8,10-12H2,1-3H3,(H,19,23)(H,20,21). The van der Waals surface area contributed by atoms with Crippen molar-refractivity contribution in [2.24, 2.45) is 4.99 Å². The lowest BCUT2D eigenvalue weighted by molar-refractivity contribution is -0.126. The second-order valence-corrected chi connectivity index (χ2v) is 7.40. The van der Waals surface area contributed by atoms with Crippen molar-refractivity contribution in [2.45, 2.75) is 44.9 Å². The van der Waals surface area contributed by atoms with Crippen molar-refractivity contribution < 1.29 is 9.63 Å². The van der Waals surface area contributed by atoms with E-state index in [9.17, 15) is 4.79 Å². The predicted octanol–water partition coefficient (Wildman–Crippen LogP) is 1.07. The van der Waals surface area contributed by atoms with Gasteiger partial charge in [-0.1, -0.05) is 6.07 Å². The molecule has 3 heterocycles. The lowest BCUT2D eigenvalue weighted by atomic mass is 10.0. The summed E-state index contributed by atoms with van der Waals surface area (Å²) in [4.78, 5) is 29.0. The molecular weight excluding hydrogens is 306 g/mol. The summed E-state index contributed by atoms with van der Waals surface area (Å²) in [5.74, 6) is 0.733. The first-order valence-electron chi connectivity index (χ1n) is 8.34. The second kappa shape index (κ2) is 6.49. The van der Waals surface area contributed by atoms with Gasteiger partial charge in [0.2, 0.25) is 5.91 Å². The van der Waals surface area contributed by atoms with Crippen LogP contribution >= 0.6 is 0 Å². The number of piperidine rings is 1. The fraction of sp³-hybridized carbons (Fsp3) is 0.588. The van der Waals surface area contributed by atoms with Crippen LogP contribution in [-0.4, -0.2) is 52.5 Å². The van der Waals surface area contributed by atoms with Gasteiger partial charge in [0.25, 0.3) is 0 Å². The molecule has 0 bridgehead atoms. The van der Waals surface area contributed by atoms with Crippen LogP contribution in [0.3, 0.4) is 0 Å². The van der Waals surface area contributed by atoms with Crippen LogP contribution in [0.5, 0.6) is 0 Å². The van der Waals surface area contributed by atoms with Crippen molar-refractivity contribution in [3.8, 4) is 0 Å². The second-order valence-electron chi connectivity index (χ2n) is 7.40. The molecule has 1 aromatic rings. The zero-order valence-electron chi connectivity index (χ0n) is 14.5. The van der Waals surface area contributed by atoms with Gasteiger partial charge in [0, 0.05) is 37.7 Å². The number of nitrogens with zero attached hydrogens (tertiary/aromatic N) is 3. The lowest BCUT2D eigenvalue weighted by Gasteiger charge is -2.35. The zero-order chi connectivity index (χ0) is 17.2. The summed E-state index contributed by atoms with van der Waals surface area (Å²) in [5.41, 5.74) is 2.95. The maximum atomic E-state index is 12.0. The van der Waals surface area contributed by atoms with Crippen LogP contribution in [0.25, 0.3) is 0 Å². The minimum atomic E-state index is -0.538. The predicted molar refractivity (Wildman–Crippen MR) is 91.3 cm³/mol. The molecule has 130 valence electrons. The van der Waals surface area contributed by atoms with Gasteiger partial charge in [0.1, 0.15) is 5.69 Å². The van der Waals surface area contributed by atoms with Gasteiger partial charge in [0.15, 0.2) is 11.6 Å². The van der Waals surface area contributed by atoms with Gasteiger partial charge >= 0.3 is 0 Å². The van der Waals surface area contributed by atoms with E-state index in [0.29, 0.717) is 12.4 Å². The van der Waals surface area contributed by atoms with Crippen LogP contribution in [0.4, 0.5) is 0 Å². The van der Waals surface area contributed by atoms with E-state index < -0.39 is 5.72 Å². The van der Waals surface area contributed by atoms with Gasteiger partial charge in [-0.15, -0.1) is 0 Å². The molecular formula is C17H25N5O2. The summed E-state index contributed by atoms with van der Waals surface area (Å²) < 4.78 is 0. The van der Waals surface area contributed by atoms with E-state index in [1.54, 1.807) is 6.20 Å². The number of amides is 1. The number of carbonyl (C=O) groups is 1. The normalized spacial score (nSPS) is 20.5. The molecule has 1 fully saturated rings. The smallest absolute Gasteiger partial charge is 0.234 e. The lowest BCUT2D eigenvalue weighted by Crippen LogP contribution is -2.50. The van der Waals surface area contributed by atoms with E-state index in [-0.39, 0.29) is 11.4 Å². The quantitative estimate of drug-likeness (QED) is 0.866. The van der Waals surface area contributed by atoms with Crippen LogP contribution in [0.1, 0.15) is 39.3 Å². The number of hydrogen-bond donors (Lipinski definition) is 2. The first-order valence-corrected chi connectivity index (χ1v) is 8.34. The Morgan fingerprint density at radius 1 is 1.38 bits per heavy atom. The molecule has 2 aliphatic rings. The minimum absolute atomic E-state index is 0.0570. The maximum Gasteiger partial charge on any atom is 0.234 e. The van der Waals surface area contributed by atoms with E-state index >= 15 is 0 Å². The van der Waals surface area contributed by atoms with Crippen molar-refractivity contribution in [3.05, 3.63) is 30.1 Å². The average Bonchev–Trinajstić information content (AvgIpc) is 2.93. The highest BCUT2D eigenvalue weighted by Gasteiger charge is 2.41. The van der Waals surface area contributed by atoms with Crippen molar-refractivity contribution in [1.82, 2.24) is 20.7 Å². The van der Waals surface area contributed by atoms with Crippen molar-refractivity contribution >= 4 is 11.7 Å². The highest BCUT2D eigenvalue weighted by Crippen LogP contribution is 2.30. The fourth-order valence-electron chi connectivity index (χ4n) is 2.94. The van der Waals surface area contributed by atoms with Crippen LogP contribution < -0.4 is 10.8 Å². The van der Waals surface area contributed by atoms with Gasteiger partial charge < -0.3 is 5.32 Å². The molecule has 0 atom stereocenters. The van der Waals surface area contributed by atoms with Crippen LogP contribution in [0, 0.1) is 0 Å². The Morgan fingerprint density at radius 2 is 2.12 bits per heavy atom. The third kappa shape index (κ3) is 4.10. The highest BCUT2D eigenvalue weighted by atomic mass is 16.7. The minimum Gasteiger partial charge on any atom is -0.350 e. The van der Waals surface area contributed by atoms with Crippen LogP contribution in [0.2, 0.25) is 0 Å². The molecule has 24 heavy (non-hydrogen) atoms. The average molecular weight is 331 g/mol. The molecule has 0 saturated carbocycles. The van der Waals surface area contributed by atoms with Crippen molar-refractivity contribution in [2.75, 3.05) is 19.6 Å². The fourth-order valence-corrected chi connectivity index (χ4v) is 2.94. The Balaban J connectivity index is 1.56. The van der Waals surface area contributed by atoms with Gasteiger partial charge in [-0.25, -0.2) is 15.3 Å². The Hall–Kier alpha value is -1.99.